The van der Waals surface area contributed by atoms with Gasteiger partial charge in [0.05, 0.1) is 12.1 Å². The maximum Gasteiger partial charge on any atom is 0.335 e. The van der Waals surface area contributed by atoms with Crippen molar-refractivity contribution in [2.75, 3.05) is 17.0 Å². The maximum atomic E-state index is 13.0. The zero-order valence-electron chi connectivity index (χ0n) is 12.0. The number of para-hydroxylation sites is 2. The van der Waals surface area contributed by atoms with E-state index in [1.165, 1.54) is 5.06 Å². The van der Waals surface area contributed by atoms with E-state index in [2.05, 4.69) is 0 Å². The summed E-state index contributed by atoms with van der Waals surface area (Å²) in [5.74, 6) is -0.550. The first-order valence-electron chi connectivity index (χ1n) is 7.08. The second-order valence-corrected chi connectivity index (χ2v) is 5.51. The molecule has 1 spiro atoms. The van der Waals surface area contributed by atoms with Crippen LogP contribution in [0.5, 0.6) is 0 Å². The van der Waals surface area contributed by atoms with Crippen molar-refractivity contribution in [3.8, 4) is 0 Å². The molecule has 2 aromatic carbocycles. The molecule has 110 valence electrons. The summed E-state index contributed by atoms with van der Waals surface area (Å²) in [5.41, 5.74) is 1.19. The van der Waals surface area contributed by atoms with E-state index in [4.69, 9.17) is 4.84 Å². The standard InChI is InChI=1S/C17H14N2O3/c1-18-14-10-6-5-9-13(14)17(16(18)21)11-15(20)22-19(17)12-7-3-2-4-8-12/h2-10H,11H2,1H3/t17-/m1/s1. The predicted octanol–water partition coefficient (Wildman–Crippen LogP) is 2.23. The largest absolute Gasteiger partial charge is 0.339 e. The van der Waals surface area contributed by atoms with Gasteiger partial charge in [-0.3, -0.25) is 4.79 Å². The molecule has 0 aromatic heterocycles. The third-order valence-electron chi connectivity index (χ3n) is 4.30. The summed E-state index contributed by atoms with van der Waals surface area (Å²) < 4.78 is 0. The zero-order valence-corrected chi connectivity index (χ0v) is 12.0. The minimum absolute atomic E-state index is 0.0160. The number of benzene rings is 2. The van der Waals surface area contributed by atoms with Crippen LogP contribution in [-0.4, -0.2) is 18.9 Å². The van der Waals surface area contributed by atoms with Gasteiger partial charge in [-0.05, 0) is 18.2 Å². The minimum Gasteiger partial charge on any atom is -0.339 e. The molecule has 0 N–H and O–H groups in total. The van der Waals surface area contributed by atoms with Crippen LogP contribution in [0.25, 0.3) is 0 Å². The molecule has 2 aliphatic heterocycles. The molecular formula is C17H14N2O3. The van der Waals surface area contributed by atoms with Crippen LogP contribution in [0.3, 0.4) is 0 Å². The van der Waals surface area contributed by atoms with Crippen molar-refractivity contribution in [3.05, 3.63) is 60.2 Å². The Bertz CT molecular complexity index is 774. The number of likely N-dealkylation sites (N-methyl/N-ethyl adjacent to an activating group) is 1. The fourth-order valence-corrected chi connectivity index (χ4v) is 3.31. The van der Waals surface area contributed by atoms with Gasteiger partial charge in [-0.15, -0.1) is 0 Å². The topological polar surface area (TPSA) is 49.9 Å². The summed E-state index contributed by atoms with van der Waals surface area (Å²) in [6.07, 6.45) is 0.0160. The van der Waals surface area contributed by atoms with Crippen LogP contribution < -0.4 is 9.96 Å². The number of anilines is 2. The van der Waals surface area contributed by atoms with Gasteiger partial charge in [0.15, 0.2) is 5.54 Å². The fraction of sp³-hybridized carbons (Fsp3) is 0.176. The summed E-state index contributed by atoms with van der Waals surface area (Å²) in [4.78, 5) is 32.0. The van der Waals surface area contributed by atoms with E-state index in [1.54, 1.807) is 11.9 Å². The van der Waals surface area contributed by atoms with Gasteiger partial charge < -0.3 is 9.74 Å². The zero-order chi connectivity index (χ0) is 15.3. The van der Waals surface area contributed by atoms with Crippen molar-refractivity contribution < 1.29 is 14.4 Å². The Kier molecular flexibility index (Phi) is 2.54. The summed E-state index contributed by atoms with van der Waals surface area (Å²) in [7, 11) is 1.72. The molecule has 0 aliphatic carbocycles. The minimum atomic E-state index is -1.11. The van der Waals surface area contributed by atoms with Gasteiger partial charge in [0.2, 0.25) is 0 Å². The Labute approximate surface area is 127 Å². The van der Waals surface area contributed by atoms with Crippen LogP contribution in [0, 0.1) is 0 Å². The number of rotatable bonds is 1. The molecule has 4 rings (SSSR count). The van der Waals surface area contributed by atoms with Crippen LogP contribution in [0.15, 0.2) is 54.6 Å². The predicted molar refractivity (Wildman–Crippen MR) is 81.2 cm³/mol. The van der Waals surface area contributed by atoms with Crippen molar-refractivity contribution in [3.63, 3.8) is 0 Å². The molecule has 2 aromatic rings. The van der Waals surface area contributed by atoms with Crippen LogP contribution in [0.1, 0.15) is 12.0 Å². The lowest BCUT2D eigenvalue weighted by atomic mass is 9.88. The number of amides is 1. The van der Waals surface area contributed by atoms with E-state index in [9.17, 15) is 9.59 Å². The number of carbonyl (C=O) groups is 2. The van der Waals surface area contributed by atoms with E-state index in [1.807, 2.05) is 54.6 Å². The molecule has 1 atom stereocenters. The van der Waals surface area contributed by atoms with Crippen LogP contribution in [-0.2, 0) is 20.0 Å². The number of carbonyl (C=O) groups excluding carboxylic acids is 2. The van der Waals surface area contributed by atoms with E-state index >= 15 is 0 Å². The normalized spacial score (nSPS) is 23.1. The molecule has 1 saturated heterocycles. The Morgan fingerprint density at radius 1 is 1.00 bits per heavy atom. The molecule has 5 nitrogen and oxygen atoms in total. The summed E-state index contributed by atoms with van der Waals surface area (Å²) in [6.45, 7) is 0. The van der Waals surface area contributed by atoms with E-state index in [0.29, 0.717) is 5.69 Å². The van der Waals surface area contributed by atoms with E-state index < -0.39 is 11.5 Å². The second-order valence-electron chi connectivity index (χ2n) is 5.51. The van der Waals surface area contributed by atoms with Gasteiger partial charge in [-0.25, -0.2) is 4.79 Å². The van der Waals surface area contributed by atoms with Gasteiger partial charge in [0.25, 0.3) is 5.91 Å². The monoisotopic (exact) mass is 294 g/mol. The highest BCUT2D eigenvalue weighted by Gasteiger charge is 2.61. The van der Waals surface area contributed by atoms with Crippen molar-refractivity contribution in [2.45, 2.75) is 12.0 Å². The molecule has 1 amide bonds. The van der Waals surface area contributed by atoms with Crippen molar-refractivity contribution in [2.24, 2.45) is 0 Å². The van der Waals surface area contributed by atoms with Gasteiger partial charge in [0.1, 0.15) is 0 Å². The molecule has 0 unspecified atom stereocenters. The molecule has 0 radical (unpaired) electrons. The Morgan fingerprint density at radius 3 is 2.45 bits per heavy atom. The average Bonchev–Trinajstić information content (AvgIpc) is 3.01. The first kappa shape index (κ1) is 12.9. The SMILES string of the molecule is CN1C(=O)[C@@]2(CC(=O)ON2c2ccccc2)c2ccccc21. The Hall–Kier alpha value is -2.82. The highest BCUT2D eigenvalue weighted by molar-refractivity contribution is 6.12. The van der Waals surface area contributed by atoms with Gasteiger partial charge >= 0.3 is 5.97 Å². The highest BCUT2D eigenvalue weighted by Crippen LogP contribution is 2.50. The molecular weight excluding hydrogens is 280 g/mol. The molecule has 2 aliphatic rings. The van der Waals surface area contributed by atoms with Crippen molar-refractivity contribution in [1.29, 1.82) is 0 Å². The smallest absolute Gasteiger partial charge is 0.335 e. The van der Waals surface area contributed by atoms with E-state index in [0.717, 1.165) is 11.3 Å². The lowest BCUT2D eigenvalue weighted by Gasteiger charge is -2.31. The molecule has 2 heterocycles. The quantitative estimate of drug-likeness (QED) is 0.809. The van der Waals surface area contributed by atoms with Crippen LogP contribution >= 0.6 is 0 Å². The summed E-state index contributed by atoms with van der Waals surface area (Å²) >= 11 is 0. The Morgan fingerprint density at radius 2 is 1.68 bits per heavy atom. The first-order valence-corrected chi connectivity index (χ1v) is 7.08. The second kappa shape index (κ2) is 4.34. The first-order chi connectivity index (χ1) is 10.6. The lowest BCUT2D eigenvalue weighted by Crippen LogP contribution is -2.48. The summed E-state index contributed by atoms with van der Waals surface area (Å²) in [6, 6.07) is 16.8. The lowest BCUT2D eigenvalue weighted by molar-refractivity contribution is -0.139. The molecule has 0 bridgehead atoms. The number of nitrogens with zero attached hydrogens (tertiary/aromatic N) is 2. The molecule has 5 heteroatoms. The highest BCUT2D eigenvalue weighted by atomic mass is 16.7. The average molecular weight is 294 g/mol. The van der Waals surface area contributed by atoms with Crippen molar-refractivity contribution in [1.82, 2.24) is 0 Å². The fourth-order valence-electron chi connectivity index (χ4n) is 3.31. The Balaban J connectivity index is 1.95. The van der Waals surface area contributed by atoms with Crippen molar-refractivity contribution >= 4 is 23.3 Å². The van der Waals surface area contributed by atoms with Gasteiger partial charge in [-0.2, -0.15) is 5.06 Å². The number of hydrogen-bond donors (Lipinski definition) is 0. The molecule has 0 saturated carbocycles. The third-order valence-corrected chi connectivity index (χ3v) is 4.30. The van der Waals surface area contributed by atoms with E-state index in [-0.39, 0.29) is 12.3 Å². The maximum absolute atomic E-state index is 13.0. The van der Waals surface area contributed by atoms with Crippen LogP contribution in [0.4, 0.5) is 11.4 Å². The van der Waals surface area contributed by atoms with Gasteiger partial charge in [-0.1, -0.05) is 36.4 Å². The summed E-state index contributed by atoms with van der Waals surface area (Å²) in [5, 5.41) is 1.46. The van der Waals surface area contributed by atoms with Gasteiger partial charge in [0, 0.05) is 18.3 Å². The molecule has 1 fully saturated rings. The number of hydroxylamine groups is 1. The number of fused-ring (bicyclic) bond motifs is 2. The van der Waals surface area contributed by atoms with Crippen LogP contribution in [0.2, 0.25) is 0 Å². The molecule has 22 heavy (non-hydrogen) atoms. The number of hydrogen-bond acceptors (Lipinski definition) is 4. The third kappa shape index (κ3) is 1.48.